The molecule has 0 radical (unpaired) electrons. The van der Waals surface area contributed by atoms with E-state index in [1.165, 1.54) is 98.0 Å². The molecule has 0 aliphatic carbocycles. The maximum atomic E-state index is 4.24. The molecule has 0 saturated heterocycles. The number of aromatic nitrogens is 2. The number of pyridine rings is 2. The van der Waals surface area contributed by atoms with Gasteiger partial charge in [0.2, 0.25) is 0 Å². The lowest BCUT2D eigenvalue weighted by Gasteiger charge is -2.16. The summed E-state index contributed by atoms with van der Waals surface area (Å²) in [6.45, 7) is 0. The molecule has 0 bridgehead atoms. The van der Waals surface area contributed by atoms with Gasteiger partial charge in [0, 0.05) is 62.0 Å². The summed E-state index contributed by atoms with van der Waals surface area (Å²) < 4.78 is 2.25. The summed E-state index contributed by atoms with van der Waals surface area (Å²) in [5, 5.41) is 15.6. The Morgan fingerprint density at radius 3 is 1.33 bits per heavy atom. The van der Waals surface area contributed by atoms with Crippen LogP contribution in [0.25, 0.3) is 109 Å². The summed E-state index contributed by atoms with van der Waals surface area (Å²) in [4.78, 5) is 8.47. The zero-order chi connectivity index (χ0) is 40.7. The highest BCUT2D eigenvalue weighted by Crippen LogP contribution is 2.44. The van der Waals surface area contributed by atoms with E-state index < -0.39 is 0 Å². The zero-order valence-corrected chi connectivity index (χ0v) is 38.2. The Morgan fingerprint density at radius 2 is 0.733 bits per heavy atom. The SMILES string of the molecule is BrBr.Brc1ccc2ccc3c(Br)cc(-c4ccc(-c5cccnc5)cc4)c4ccc1c2c34.c1cncc(-c2ccc(-c3ccc4ccc5cccc6ccc3c4c56)cc2)c1. The first-order valence-corrected chi connectivity index (χ1v) is 24.8. The normalized spacial score (nSPS) is 11.3. The molecule has 2 nitrogen and oxygen atoms in total. The van der Waals surface area contributed by atoms with Crippen LogP contribution < -0.4 is 0 Å². The highest BCUT2D eigenvalue weighted by atomic mass is 80.9. The van der Waals surface area contributed by atoms with E-state index in [1.54, 1.807) is 6.20 Å². The van der Waals surface area contributed by atoms with Crippen molar-refractivity contribution in [2.45, 2.75) is 0 Å². The summed E-state index contributed by atoms with van der Waals surface area (Å²) in [5.74, 6) is 0. The van der Waals surface area contributed by atoms with Crippen LogP contribution in [0.2, 0.25) is 0 Å². The average Bonchev–Trinajstić information content (AvgIpc) is 3.32. The van der Waals surface area contributed by atoms with Crippen molar-refractivity contribution >= 4 is 125 Å². The second kappa shape index (κ2) is 16.5. The standard InChI is InChI=1S/C27H15Br2N.C27H17N.Br2/c28-24-12-8-18-7-9-22-25(29)14-23(20-10-11-21(24)26(18)27(20)22)17-5-3-16(4-6-17)19-2-1-13-30-15-19;1-3-20-10-11-22-12-14-24(25-15-13-21(4-1)26(20)27(22)25)19-8-6-18(7-9-19)23-5-2-16-28-17-23;1-2/h1-15H;1-17H;. The van der Waals surface area contributed by atoms with E-state index in [4.69, 9.17) is 0 Å². The topological polar surface area (TPSA) is 25.8 Å². The van der Waals surface area contributed by atoms with Crippen molar-refractivity contribution in [2.24, 2.45) is 0 Å². The minimum Gasteiger partial charge on any atom is -0.264 e. The van der Waals surface area contributed by atoms with E-state index in [1.807, 2.05) is 30.7 Å². The molecule has 12 rings (SSSR count). The molecule has 0 atom stereocenters. The first-order valence-electron chi connectivity index (χ1n) is 19.5. The molecule has 0 aliphatic heterocycles. The summed E-state index contributed by atoms with van der Waals surface area (Å²) in [6.07, 6.45) is 7.42. The fourth-order valence-electron chi connectivity index (χ4n) is 8.80. The van der Waals surface area contributed by atoms with Crippen LogP contribution in [0.1, 0.15) is 0 Å². The molecule has 2 aromatic heterocycles. The van der Waals surface area contributed by atoms with Crippen LogP contribution in [-0.2, 0) is 0 Å². The number of nitrogens with zero attached hydrogens (tertiary/aromatic N) is 2. The predicted molar refractivity (Wildman–Crippen MR) is 271 cm³/mol. The van der Waals surface area contributed by atoms with E-state index in [2.05, 4.69) is 228 Å². The van der Waals surface area contributed by atoms with Gasteiger partial charge in [-0.05, 0) is 133 Å². The Labute approximate surface area is 379 Å². The third-order valence-electron chi connectivity index (χ3n) is 11.6. The smallest absolute Gasteiger partial charge is 0.0346 e. The van der Waals surface area contributed by atoms with E-state index in [-0.39, 0.29) is 0 Å². The summed E-state index contributed by atoms with van der Waals surface area (Å²) >= 11 is 13.1. The second-order valence-corrected chi connectivity index (χ2v) is 16.5. The Kier molecular flexibility index (Phi) is 10.6. The van der Waals surface area contributed by atoms with Gasteiger partial charge in [-0.25, -0.2) is 0 Å². The van der Waals surface area contributed by atoms with Crippen molar-refractivity contribution in [1.29, 1.82) is 0 Å². The van der Waals surface area contributed by atoms with E-state index in [9.17, 15) is 0 Å². The van der Waals surface area contributed by atoms with E-state index >= 15 is 0 Å². The summed E-state index contributed by atoms with van der Waals surface area (Å²) in [6, 6.07) is 61.2. The molecule has 0 N–H and O–H groups in total. The molecule has 0 spiro atoms. The summed E-state index contributed by atoms with van der Waals surface area (Å²) in [7, 11) is 0. The van der Waals surface area contributed by atoms with Crippen molar-refractivity contribution in [3.8, 4) is 44.5 Å². The van der Waals surface area contributed by atoms with Crippen molar-refractivity contribution in [3.05, 3.63) is 204 Å². The van der Waals surface area contributed by atoms with Gasteiger partial charge in [0.1, 0.15) is 0 Å². The highest BCUT2D eigenvalue weighted by molar-refractivity contribution is 9.93. The largest absolute Gasteiger partial charge is 0.264 e. The number of hydrogen-bond donors (Lipinski definition) is 0. The van der Waals surface area contributed by atoms with Crippen LogP contribution in [0.3, 0.4) is 0 Å². The van der Waals surface area contributed by atoms with Gasteiger partial charge in [-0.3, -0.25) is 9.97 Å². The molecule has 60 heavy (non-hydrogen) atoms. The molecule has 0 saturated carbocycles. The van der Waals surface area contributed by atoms with Crippen molar-refractivity contribution in [3.63, 3.8) is 0 Å². The predicted octanol–water partition coefficient (Wildman–Crippen LogP) is 17.8. The van der Waals surface area contributed by atoms with Crippen molar-refractivity contribution < 1.29 is 0 Å². The van der Waals surface area contributed by atoms with Gasteiger partial charge in [-0.2, -0.15) is 0 Å². The van der Waals surface area contributed by atoms with Gasteiger partial charge in [0.15, 0.2) is 0 Å². The minimum atomic E-state index is 1.12. The van der Waals surface area contributed by atoms with E-state index in [0.717, 1.165) is 20.1 Å². The molecule has 0 unspecified atom stereocenters. The van der Waals surface area contributed by atoms with Crippen molar-refractivity contribution in [2.75, 3.05) is 0 Å². The molecule has 2 heterocycles. The fourth-order valence-corrected chi connectivity index (χ4v) is 9.82. The first kappa shape index (κ1) is 38.7. The monoisotopic (exact) mass is 1020 g/mol. The molecular formula is C54H32Br4N2. The van der Waals surface area contributed by atoms with Gasteiger partial charge in [-0.1, -0.05) is 177 Å². The second-order valence-electron chi connectivity index (χ2n) is 14.8. The fraction of sp³-hybridized carbons (Fsp3) is 0. The molecule has 0 fully saturated rings. The molecular weight excluding hydrogens is 996 g/mol. The van der Waals surface area contributed by atoms with Gasteiger partial charge < -0.3 is 0 Å². The number of benzene rings is 10. The third-order valence-corrected chi connectivity index (χ3v) is 12.9. The molecule has 0 amide bonds. The van der Waals surface area contributed by atoms with Crippen LogP contribution in [0.4, 0.5) is 0 Å². The minimum absolute atomic E-state index is 1.12. The Balaban J connectivity index is 0.000000139. The number of halogens is 4. The molecule has 286 valence electrons. The third kappa shape index (κ3) is 6.86. The molecule has 10 aromatic carbocycles. The average molecular weight is 1030 g/mol. The molecule has 0 aliphatic rings. The first-order chi connectivity index (χ1) is 29.6. The highest BCUT2D eigenvalue weighted by Gasteiger charge is 2.16. The van der Waals surface area contributed by atoms with Gasteiger partial charge in [0.25, 0.3) is 0 Å². The number of hydrogen-bond acceptors (Lipinski definition) is 2. The lowest BCUT2D eigenvalue weighted by Crippen LogP contribution is -1.89. The molecule has 12 aromatic rings. The van der Waals surface area contributed by atoms with Crippen LogP contribution in [0.5, 0.6) is 0 Å². The maximum absolute atomic E-state index is 4.24. The van der Waals surface area contributed by atoms with E-state index in [0.29, 0.717) is 0 Å². The Hall–Kier alpha value is -5.50. The van der Waals surface area contributed by atoms with Crippen LogP contribution in [0.15, 0.2) is 204 Å². The lowest BCUT2D eigenvalue weighted by molar-refractivity contribution is 1.33. The Bertz CT molecular complexity index is 3430. The summed E-state index contributed by atoms with van der Waals surface area (Å²) in [5.41, 5.74) is 9.60. The zero-order valence-electron chi connectivity index (χ0n) is 31.9. The van der Waals surface area contributed by atoms with Gasteiger partial charge in [0.05, 0.1) is 0 Å². The van der Waals surface area contributed by atoms with Crippen LogP contribution >= 0.6 is 60.1 Å². The molecule has 6 heteroatoms. The van der Waals surface area contributed by atoms with Crippen LogP contribution in [0, 0.1) is 0 Å². The van der Waals surface area contributed by atoms with Crippen molar-refractivity contribution in [1.82, 2.24) is 9.97 Å². The maximum Gasteiger partial charge on any atom is 0.0346 e. The number of rotatable bonds is 4. The van der Waals surface area contributed by atoms with Gasteiger partial charge >= 0.3 is 0 Å². The van der Waals surface area contributed by atoms with Gasteiger partial charge in [-0.15, -0.1) is 0 Å². The van der Waals surface area contributed by atoms with Crippen LogP contribution in [-0.4, -0.2) is 9.97 Å². The Morgan fingerprint density at radius 1 is 0.300 bits per heavy atom. The lowest BCUT2D eigenvalue weighted by atomic mass is 9.89. The quantitative estimate of drug-likeness (QED) is 0.164.